The molecule has 2 aromatic carbocycles. The molecule has 0 bridgehead atoms. The molecule has 0 fully saturated rings. The molecule has 0 saturated heterocycles. The average molecular weight is 320 g/mol. The Kier molecular flexibility index (Phi) is 3.60. The van der Waals surface area contributed by atoms with E-state index in [1.165, 1.54) is 37.4 Å². The standard InChI is InChI=1S/C17H11F3O3/c1-22-11-7-8-12-13(9-11)16(21)23-15(14(12)17(18,19)20)10-5-3-2-4-6-10/h2-9H,1H3. The van der Waals surface area contributed by atoms with E-state index in [9.17, 15) is 18.0 Å². The predicted octanol–water partition coefficient (Wildman–Crippen LogP) is 4.49. The number of alkyl halides is 3. The first-order valence-electron chi connectivity index (χ1n) is 6.69. The van der Waals surface area contributed by atoms with Crippen LogP contribution in [0.15, 0.2) is 57.7 Å². The maximum atomic E-state index is 13.6. The molecule has 1 heterocycles. The van der Waals surface area contributed by atoms with Gasteiger partial charge in [-0.2, -0.15) is 13.2 Å². The van der Waals surface area contributed by atoms with Gasteiger partial charge in [0.15, 0.2) is 5.76 Å². The zero-order valence-electron chi connectivity index (χ0n) is 12.0. The van der Waals surface area contributed by atoms with Crippen LogP contribution in [0.4, 0.5) is 13.2 Å². The summed E-state index contributed by atoms with van der Waals surface area (Å²) < 4.78 is 50.7. The Morgan fingerprint density at radius 3 is 2.30 bits per heavy atom. The molecule has 1 aromatic heterocycles. The Morgan fingerprint density at radius 2 is 1.70 bits per heavy atom. The lowest BCUT2D eigenvalue weighted by atomic mass is 10.0. The second kappa shape index (κ2) is 5.46. The molecule has 0 aliphatic carbocycles. The fourth-order valence-electron chi connectivity index (χ4n) is 2.43. The molecule has 0 saturated carbocycles. The first kappa shape index (κ1) is 15.1. The van der Waals surface area contributed by atoms with Crippen LogP contribution < -0.4 is 10.4 Å². The molecule has 3 nitrogen and oxygen atoms in total. The lowest BCUT2D eigenvalue weighted by Gasteiger charge is -2.14. The molecule has 3 aromatic rings. The number of methoxy groups -OCH3 is 1. The lowest BCUT2D eigenvalue weighted by molar-refractivity contribution is -0.136. The van der Waals surface area contributed by atoms with Crippen molar-refractivity contribution in [2.45, 2.75) is 6.18 Å². The second-order valence-electron chi connectivity index (χ2n) is 4.87. The SMILES string of the molecule is COc1ccc2c(C(F)(F)F)c(-c3ccccc3)oc(=O)c2c1. The first-order chi connectivity index (χ1) is 10.9. The summed E-state index contributed by atoms with van der Waals surface area (Å²) in [5.41, 5.74) is -1.62. The maximum Gasteiger partial charge on any atom is 0.420 e. The largest absolute Gasteiger partial charge is 0.497 e. The Hall–Kier alpha value is -2.76. The number of halogens is 3. The van der Waals surface area contributed by atoms with Crippen molar-refractivity contribution in [3.63, 3.8) is 0 Å². The molecule has 0 amide bonds. The summed E-state index contributed by atoms with van der Waals surface area (Å²) in [6.07, 6.45) is -4.67. The van der Waals surface area contributed by atoms with Crippen molar-refractivity contribution >= 4 is 10.8 Å². The number of hydrogen-bond acceptors (Lipinski definition) is 3. The molecule has 0 atom stereocenters. The molecule has 0 aliphatic heterocycles. The number of rotatable bonds is 2. The van der Waals surface area contributed by atoms with E-state index in [4.69, 9.17) is 9.15 Å². The molecule has 0 spiro atoms. The van der Waals surface area contributed by atoms with E-state index in [1.807, 2.05) is 0 Å². The third-order valence-electron chi connectivity index (χ3n) is 3.46. The van der Waals surface area contributed by atoms with Crippen molar-refractivity contribution in [3.05, 3.63) is 64.5 Å². The van der Waals surface area contributed by atoms with Gasteiger partial charge in [0.2, 0.25) is 0 Å². The van der Waals surface area contributed by atoms with Crippen LogP contribution in [-0.2, 0) is 6.18 Å². The molecule has 23 heavy (non-hydrogen) atoms. The van der Waals surface area contributed by atoms with Crippen LogP contribution in [0.25, 0.3) is 22.1 Å². The van der Waals surface area contributed by atoms with E-state index >= 15 is 0 Å². The third kappa shape index (κ3) is 2.67. The topological polar surface area (TPSA) is 39.4 Å². The number of fused-ring (bicyclic) bond motifs is 1. The van der Waals surface area contributed by atoms with Gasteiger partial charge in [-0.25, -0.2) is 4.79 Å². The molecule has 0 radical (unpaired) electrons. The van der Waals surface area contributed by atoms with Crippen LogP contribution in [0.1, 0.15) is 5.56 Å². The van der Waals surface area contributed by atoms with Gasteiger partial charge in [0.25, 0.3) is 0 Å². The monoisotopic (exact) mass is 320 g/mol. The van der Waals surface area contributed by atoms with Crippen LogP contribution in [0, 0.1) is 0 Å². The number of hydrogen-bond donors (Lipinski definition) is 0. The summed E-state index contributed by atoms with van der Waals surface area (Å²) in [6.45, 7) is 0. The Balaban J connectivity index is 2.44. The fourth-order valence-corrected chi connectivity index (χ4v) is 2.43. The predicted molar refractivity (Wildman–Crippen MR) is 79.5 cm³/mol. The van der Waals surface area contributed by atoms with Crippen molar-refractivity contribution in [3.8, 4) is 17.1 Å². The van der Waals surface area contributed by atoms with E-state index < -0.39 is 23.1 Å². The van der Waals surface area contributed by atoms with E-state index in [1.54, 1.807) is 18.2 Å². The van der Waals surface area contributed by atoms with Crippen molar-refractivity contribution in [2.24, 2.45) is 0 Å². The van der Waals surface area contributed by atoms with Crippen molar-refractivity contribution in [1.29, 1.82) is 0 Å². The highest BCUT2D eigenvalue weighted by Gasteiger charge is 2.38. The lowest BCUT2D eigenvalue weighted by Crippen LogP contribution is -2.13. The molecule has 118 valence electrons. The van der Waals surface area contributed by atoms with E-state index in [-0.39, 0.29) is 22.1 Å². The maximum absolute atomic E-state index is 13.6. The van der Waals surface area contributed by atoms with Gasteiger partial charge in [0.1, 0.15) is 11.3 Å². The van der Waals surface area contributed by atoms with Crippen molar-refractivity contribution in [2.75, 3.05) is 7.11 Å². The summed E-state index contributed by atoms with van der Waals surface area (Å²) >= 11 is 0. The van der Waals surface area contributed by atoms with Crippen molar-refractivity contribution in [1.82, 2.24) is 0 Å². The van der Waals surface area contributed by atoms with Crippen LogP contribution in [0.2, 0.25) is 0 Å². The van der Waals surface area contributed by atoms with E-state index in [2.05, 4.69) is 0 Å². The van der Waals surface area contributed by atoms with Gasteiger partial charge in [-0.1, -0.05) is 30.3 Å². The van der Waals surface area contributed by atoms with E-state index in [0.29, 0.717) is 0 Å². The third-order valence-corrected chi connectivity index (χ3v) is 3.46. The molecule has 0 N–H and O–H groups in total. The Morgan fingerprint density at radius 1 is 1.00 bits per heavy atom. The minimum atomic E-state index is -4.67. The summed E-state index contributed by atoms with van der Waals surface area (Å²) in [5, 5.41) is -0.384. The molecule has 3 rings (SSSR count). The zero-order chi connectivity index (χ0) is 16.6. The summed E-state index contributed by atoms with van der Waals surface area (Å²) in [6, 6.07) is 11.6. The average Bonchev–Trinajstić information content (AvgIpc) is 2.54. The first-order valence-corrected chi connectivity index (χ1v) is 6.69. The smallest absolute Gasteiger partial charge is 0.420 e. The minimum absolute atomic E-state index is 0.170. The van der Waals surface area contributed by atoms with Gasteiger partial charge in [-0.3, -0.25) is 0 Å². The van der Waals surface area contributed by atoms with Gasteiger partial charge in [0, 0.05) is 10.9 Å². The Labute approximate surface area is 128 Å². The van der Waals surface area contributed by atoms with Gasteiger partial charge >= 0.3 is 11.8 Å². The normalized spacial score (nSPS) is 11.7. The van der Waals surface area contributed by atoms with Gasteiger partial charge < -0.3 is 9.15 Å². The molecular weight excluding hydrogens is 309 g/mol. The molecule has 0 aliphatic rings. The van der Waals surface area contributed by atoms with Crippen molar-refractivity contribution < 1.29 is 22.3 Å². The highest BCUT2D eigenvalue weighted by molar-refractivity contribution is 5.90. The van der Waals surface area contributed by atoms with E-state index in [0.717, 1.165) is 0 Å². The van der Waals surface area contributed by atoms with Gasteiger partial charge in [0.05, 0.1) is 12.5 Å². The van der Waals surface area contributed by atoms with Crippen LogP contribution in [-0.4, -0.2) is 7.11 Å². The van der Waals surface area contributed by atoms with Crippen LogP contribution in [0.3, 0.4) is 0 Å². The quantitative estimate of drug-likeness (QED) is 0.698. The van der Waals surface area contributed by atoms with Crippen LogP contribution >= 0.6 is 0 Å². The fraction of sp³-hybridized carbons (Fsp3) is 0.118. The highest BCUT2D eigenvalue weighted by Crippen LogP contribution is 2.41. The zero-order valence-corrected chi connectivity index (χ0v) is 12.0. The van der Waals surface area contributed by atoms with Crippen LogP contribution in [0.5, 0.6) is 5.75 Å². The summed E-state index contributed by atoms with van der Waals surface area (Å²) in [7, 11) is 1.37. The van der Waals surface area contributed by atoms with Gasteiger partial charge in [-0.05, 0) is 18.2 Å². The second-order valence-corrected chi connectivity index (χ2v) is 4.87. The highest BCUT2D eigenvalue weighted by atomic mass is 19.4. The number of ether oxygens (including phenoxy) is 1. The minimum Gasteiger partial charge on any atom is -0.497 e. The molecule has 6 heteroatoms. The number of benzene rings is 2. The Bertz CT molecular complexity index is 912. The summed E-state index contributed by atoms with van der Waals surface area (Å²) in [5.74, 6) is -0.203. The van der Waals surface area contributed by atoms with Gasteiger partial charge in [-0.15, -0.1) is 0 Å². The summed E-state index contributed by atoms with van der Waals surface area (Å²) in [4.78, 5) is 12.1. The molecular formula is C17H11F3O3. The molecule has 0 unspecified atom stereocenters.